The lowest BCUT2D eigenvalue weighted by Crippen LogP contribution is -2.14. The first-order valence-electron chi connectivity index (χ1n) is 8.66. The van der Waals surface area contributed by atoms with Crippen molar-refractivity contribution in [1.82, 2.24) is 10.2 Å². The molecule has 0 aliphatic carbocycles. The van der Waals surface area contributed by atoms with Gasteiger partial charge in [0, 0.05) is 42.7 Å². The maximum absolute atomic E-state index is 12.5. The quantitative estimate of drug-likeness (QED) is 0.834. The lowest BCUT2D eigenvalue weighted by atomic mass is 9.97. The van der Waals surface area contributed by atoms with E-state index < -0.39 is 9.84 Å². The smallest absolute Gasteiger partial charge is 0.256 e. The molecule has 2 N–H and O–H groups in total. The average Bonchev–Trinajstić information content (AvgIpc) is 3.09. The van der Waals surface area contributed by atoms with Gasteiger partial charge in [-0.3, -0.25) is 9.89 Å². The zero-order valence-electron chi connectivity index (χ0n) is 14.9. The molecule has 3 rings (SSSR count). The van der Waals surface area contributed by atoms with Crippen molar-refractivity contribution < 1.29 is 17.9 Å². The SMILES string of the molecule is CCc1ccc(C(=O)Nc2cc(C3CCOCC3)[nH]n2)cc1S(C)(=O)=O. The van der Waals surface area contributed by atoms with Crippen molar-refractivity contribution in [3.8, 4) is 0 Å². The molecule has 1 saturated heterocycles. The molecule has 140 valence electrons. The Bertz CT molecular complexity index is 899. The van der Waals surface area contributed by atoms with Gasteiger partial charge in [0.2, 0.25) is 0 Å². The van der Waals surface area contributed by atoms with E-state index in [4.69, 9.17) is 4.74 Å². The van der Waals surface area contributed by atoms with Crippen molar-refractivity contribution in [1.29, 1.82) is 0 Å². The number of aromatic nitrogens is 2. The van der Waals surface area contributed by atoms with E-state index in [1.807, 2.05) is 13.0 Å². The second kappa shape index (κ2) is 7.59. The summed E-state index contributed by atoms with van der Waals surface area (Å²) < 4.78 is 29.3. The highest BCUT2D eigenvalue weighted by molar-refractivity contribution is 7.90. The van der Waals surface area contributed by atoms with Crippen LogP contribution in [0.15, 0.2) is 29.2 Å². The number of ether oxygens (including phenoxy) is 1. The Balaban J connectivity index is 1.77. The largest absolute Gasteiger partial charge is 0.381 e. The summed E-state index contributed by atoms with van der Waals surface area (Å²) in [6.07, 6.45) is 3.58. The second-order valence-electron chi connectivity index (χ2n) is 6.50. The number of benzene rings is 1. The molecule has 0 atom stereocenters. The van der Waals surface area contributed by atoms with Gasteiger partial charge in [-0.1, -0.05) is 13.0 Å². The van der Waals surface area contributed by atoms with Crippen LogP contribution in [0.4, 0.5) is 5.82 Å². The normalized spacial score (nSPS) is 15.8. The summed E-state index contributed by atoms with van der Waals surface area (Å²) in [6.45, 7) is 3.33. The fourth-order valence-electron chi connectivity index (χ4n) is 3.14. The third kappa shape index (κ3) is 4.13. The van der Waals surface area contributed by atoms with Crippen LogP contribution in [0.3, 0.4) is 0 Å². The molecule has 1 aromatic carbocycles. The molecule has 26 heavy (non-hydrogen) atoms. The van der Waals surface area contributed by atoms with Crippen LogP contribution < -0.4 is 5.32 Å². The molecule has 0 radical (unpaired) electrons. The van der Waals surface area contributed by atoms with Crippen LogP contribution in [0.2, 0.25) is 0 Å². The Morgan fingerprint density at radius 1 is 1.31 bits per heavy atom. The van der Waals surface area contributed by atoms with Crippen LogP contribution in [0, 0.1) is 0 Å². The summed E-state index contributed by atoms with van der Waals surface area (Å²) in [5, 5.41) is 9.84. The van der Waals surface area contributed by atoms with Crippen molar-refractivity contribution in [2.75, 3.05) is 24.8 Å². The van der Waals surface area contributed by atoms with E-state index in [0.717, 1.165) is 38.0 Å². The number of nitrogens with zero attached hydrogens (tertiary/aromatic N) is 1. The predicted octanol–water partition coefficient (Wildman–Crippen LogP) is 2.52. The number of rotatable bonds is 5. The van der Waals surface area contributed by atoms with Gasteiger partial charge in [0.15, 0.2) is 15.7 Å². The van der Waals surface area contributed by atoms with Crippen molar-refractivity contribution in [2.45, 2.75) is 37.0 Å². The van der Waals surface area contributed by atoms with E-state index >= 15 is 0 Å². The van der Waals surface area contributed by atoms with E-state index in [1.54, 1.807) is 12.1 Å². The van der Waals surface area contributed by atoms with Crippen LogP contribution in [0.5, 0.6) is 0 Å². The predicted molar refractivity (Wildman–Crippen MR) is 98.3 cm³/mol. The average molecular weight is 377 g/mol. The van der Waals surface area contributed by atoms with Crippen molar-refractivity contribution in [3.05, 3.63) is 41.1 Å². The third-order valence-electron chi connectivity index (χ3n) is 4.61. The van der Waals surface area contributed by atoms with E-state index in [0.29, 0.717) is 29.3 Å². The lowest BCUT2D eigenvalue weighted by Gasteiger charge is -2.20. The molecule has 1 aliphatic rings. The number of anilines is 1. The summed E-state index contributed by atoms with van der Waals surface area (Å²) in [7, 11) is -3.40. The van der Waals surface area contributed by atoms with E-state index in [9.17, 15) is 13.2 Å². The topological polar surface area (TPSA) is 101 Å². The van der Waals surface area contributed by atoms with E-state index in [1.165, 1.54) is 6.07 Å². The molecule has 0 spiro atoms. The Hall–Kier alpha value is -2.19. The van der Waals surface area contributed by atoms with Crippen LogP contribution in [0.1, 0.15) is 47.3 Å². The number of hydrogen-bond donors (Lipinski definition) is 2. The Morgan fingerprint density at radius 3 is 2.69 bits per heavy atom. The minimum Gasteiger partial charge on any atom is -0.381 e. The summed E-state index contributed by atoms with van der Waals surface area (Å²) in [5.41, 5.74) is 1.96. The highest BCUT2D eigenvalue weighted by Crippen LogP contribution is 2.27. The first-order valence-corrected chi connectivity index (χ1v) is 10.5. The summed E-state index contributed by atoms with van der Waals surface area (Å²) in [5.74, 6) is 0.391. The molecular weight excluding hydrogens is 354 g/mol. The van der Waals surface area contributed by atoms with Gasteiger partial charge in [0.05, 0.1) is 4.90 Å². The number of carbonyl (C=O) groups is 1. The van der Waals surface area contributed by atoms with Crippen molar-refractivity contribution in [2.24, 2.45) is 0 Å². The van der Waals surface area contributed by atoms with E-state index in [2.05, 4.69) is 15.5 Å². The van der Waals surface area contributed by atoms with Gasteiger partial charge >= 0.3 is 0 Å². The zero-order chi connectivity index (χ0) is 18.7. The molecule has 2 aromatic rings. The van der Waals surface area contributed by atoms with E-state index in [-0.39, 0.29) is 10.8 Å². The fourth-order valence-corrected chi connectivity index (χ4v) is 4.17. The minimum absolute atomic E-state index is 0.192. The number of aromatic amines is 1. The molecule has 1 fully saturated rings. The Labute approximate surface area is 153 Å². The van der Waals surface area contributed by atoms with Crippen molar-refractivity contribution >= 4 is 21.6 Å². The van der Waals surface area contributed by atoms with Crippen LogP contribution >= 0.6 is 0 Å². The number of H-pyrrole nitrogens is 1. The Kier molecular flexibility index (Phi) is 5.43. The highest BCUT2D eigenvalue weighted by atomic mass is 32.2. The zero-order valence-corrected chi connectivity index (χ0v) is 15.7. The maximum atomic E-state index is 12.5. The Morgan fingerprint density at radius 2 is 2.04 bits per heavy atom. The molecule has 1 aromatic heterocycles. The minimum atomic E-state index is -3.40. The van der Waals surface area contributed by atoms with Gasteiger partial charge in [-0.2, -0.15) is 5.10 Å². The number of carbonyl (C=O) groups excluding carboxylic acids is 1. The first kappa shape index (κ1) is 18.6. The van der Waals surface area contributed by atoms with Crippen LogP contribution in [0.25, 0.3) is 0 Å². The lowest BCUT2D eigenvalue weighted by molar-refractivity contribution is 0.0845. The van der Waals surface area contributed by atoms with Crippen LogP contribution in [-0.2, 0) is 21.0 Å². The van der Waals surface area contributed by atoms with Crippen molar-refractivity contribution in [3.63, 3.8) is 0 Å². The number of amides is 1. The van der Waals surface area contributed by atoms with Gasteiger partial charge in [-0.05, 0) is 37.0 Å². The third-order valence-corrected chi connectivity index (χ3v) is 5.79. The summed E-state index contributed by atoms with van der Waals surface area (Å²) >= 11 is 0. The number of sulfone groups is 1. The molecule has 1 aliphatic heterocycles. The highest BCUT2D eigenvalue weighted by Gasteiger charge is 2.20. The number of aryl methyl sites for hydroxylation is 1. The van der Waals surface area contributed by atoms with Crippen LogP contribution in [-0.4, -0.2) is 44.0 Å². The first-order chi connectivity index (χ1) is 12.4. The van der Waals surface area contributed by atoms with Gasteiger partial charge in [0.25, 0.3) is 5.91 Å². The number of nitrogens with one attached hydrogen (secondary N) is 2. The van der Waals surface area contributed by atoms with Gasteiger partial charge in [-0.15, -0.1) is 0 Å². The second-order valence-corrected chi connectivity index (χ2v) is 8.48. The molecule has 0 unspecified atom stereocenters. The fraction of sp³-hybridized carbons (Fsp3) is 0.444. The number of hydrogen-bond acceptors (Lipinski definition) is 5. The molecule has 1 amide bonds. The molecule has 0 saturated carbocycles. The summed E-state index contributed by atoms with van der Waals surface area (Å²) in [6, 6.07) is 6.57. The molecule has 8 heteroatoms. The molecule has 2 heterocycles. The van der Waals surface area contributed by atoms with Gasteiger partial charge in [0.1, 0.15) is 0 Å². The van der Waals surface area contributed by atoms with Gasteiger partial charge < -0.3 is 10.1 Å². The molecular formula is C18H23N3O4S. The molecule has 0 bridgehead atoms. The summed E-state index contributed by atoms with van der Waals surface area (Å²) in [4.78, 5) is 12.7. The standard InChI is InChI=1S/C18H23N3O4S/c1-3-12-4-5-14(10-16(12)26(2,23)24)18(22)19-17-11-15(20-21-17)13-6-8-25-9-7-13/h4-5,10-11,13H,3,6-9H2,1-2H3,(H2,19,20,21,22). The maximum Gasteiger partial charge on any atom is 0.256 e. The molecule has 7 nitrogen and oxygen atoms in total. The monoisotopic (exact) mass is 377 g/mol. The van der Waals surface area contributed by atoms with Gasteiger partial charge in [-0.25, -0.2) is 8.42 Å².